The van der Waals surface area contributed by atoms with E-state index in [2.05, 4.69) is 21.2 Å². The van der Waals surface area contributed by atoms with Crippen molar-refractivity contribution < 1.29 is 28.1 Å². The van der Waals surface area contributed by atoms with Crippen molar-refractivity contribution in [3.63, 3.8) is 0 Å². The van der Waals surface area contributed by atoms with Gasteiger partial charge in [0.1, 0.15) is 11.8 Å². The molecule has 0 aromatic carbocycles. The lowest BCUT2D eigenvalue weighted by atomic mass is 9.43. The minimum atomic E-state index is -2.39. The van der Waals surface area contributed by atoms with Crippen LogP contribution in [0.3, 0.4) is 0 Å². The molecule has 1 aromatic heterocycles. The van der Waals surface area contributed by atoms with E-state index in [9.17, 15) is 23.6 Å². The lowest BCUT2D eigenvalue weighted by Crippen LogP contribution is -2.60. The van der Waals surface area contributed by atoms with Crippen LogP contribution in [0.5, 0.6) is 0 Å². The molecule has 1 saturated heterocycles. The number of rotatable bonds is 8. The third-order valence-corrected chi connectivity index (χ3v) is 6.73. The van der Waals surface area contributed by atoms with E-state index >= 15 is 0 Å². The smallest absolute Gasteiger partial charge is 0.291 e. The van der Waals surface area contributed by atoms with Crippen molar-refractivity contribution in [2.45, 2.75) is 50.7 Å². The molecule has 12 heteroatoms. The predicted molar refractivity (Wildman–Crippen MR) is 109 cm³/mol. The molecule has 1 aliphatic heterocycles. The molecule has 2 heterocycles. The van der Waals surface area contributed by atoms with Crippen molar-refractivity contribution in [3.05, 3.63) is 17.5 Å². The second kappa shape index (κ2) is 8.68. The van der Waals surface area contributed by atoms with Crippen molar-refractivity contribution in [3.8, 4) is 0 Å². The summed E-state index contributed by atoms with van der Waals surface area (Å²) in [4.78, 5) is 49.9. The molecule has 3 saturated carbocycles. The molecule has 10 nitrogen and oxygen atoms in total. The van der Waals surface area contributed by atoms with Gasteiger partial charge in [0, 0.05) is 12.6 Å². The SMILES string of the molecule is Cc1cc(C(=O)NC(CC23CC(C2)C3)C(=O)NN(C[C@@H]2CCNC2=O)C(=O)C(F)Cl)no1. The van der Waals surface area contributed by atoms with Crippen LogP contribution >= 0.6 is 11.6 Å². The highest BCUT2D eigenvalue weighted by Crippen LogP contribution is 2.66. The van der Waals surface area contributed by atoms with Gasteiger partial charge in [-0.2, -0.15) is 0 Å². The van der Waals surface area contributed by atoms with Gasteiger partial charge in [-0.25, -0.2) is 9.40 Å². The first kappa shape index (κ1) is 22.5. The highest BCUT2D eigenvalue weighted by molar-refractivity contribution is 6.29. The lowest BCUT2D eigenvalue weighted by Gasteiger charge is -2.63. The van der Waals surface area contributed by atoms with E-state index in [1.165, 1.54) is 6.07 Å². The molecule has 4 amide bonds. The second-order valence-corrected chi connectivity index (χ2v) is 9.42. The van der Waals surface area contributed by atoms with Crippen molar-refractivity contribution >= 4 is 35.2 Å². The Hall–Kier alpha value is -2.69. The molecule has 2 bridgehead atoms. The molecule has 0 radical (unpaired) electrons. The summed E-state index contributed by atoms with van der Waals surface area (Å²) in [5.74, 6) is -2.24. The first-order valence-corrected chi connectivity index (χ1v) is 11.0. The molecular weight excluding hydrogens is 445 g/mol. The zero-order chi connectivity index (χ0) is 23.0. The Morgan fingerprint density at radius 3 is 2.62 bits per heavy atom. The number of aromatic nitrogens is 1. The summed E-state index contributed by atoms with van der Waals surface area (Å²) in [5.41, 5.74) is -0.000922. The molecule has 4 aliphatic rings. The summed E-state index contributed by atoms with van der Waals surface area (Å²) in [6.45, 7) is 1.84. The van der Waals surface area contributed by atoms with E-state index in [1.54, 1.807) is 6.92 Å². The van der Waals surface area contributed by atoms with Crippen LogP contribution in [-0.4, -0.2) is 58.6 Å². The minimum Gasteiger partial charge on any atom is -0.361 e. The first-order chi connectivity index (χ1) is 15.2. The highest BCUT2D eigenvalue weighted by Gasteiger charge is 2.57. The number of halogens is 2. The summed E-state index contributed by atoms with van der Waals surface area (Å²) in [7, 11) is 0. The number of hydrazine groups is 1. The molecule has 5 rings (SSSR count). The Labute approximate surface area is 188 Å². The van der Waals surface area contributed by atoms with Crippen LogP contribution in [0.15, 0.2) is 10.6 Å². The van der Waals surface area contributed by atoms with Crippen LogP contribution < -0.4 is 16.1 Å². The molecule has 32 heavy (non-hydrogen) atoms. The zero-order valence-corrected chi connectivity index (χ0v) is 18.3. The van der Waals surface area contributed by atoms with Gasteiger partial charge in [-0.1, -0.05) is 16.8 Å². The van der Waals surface area contributed by atoms with E-state index in [-0.39, 0.29) is 23.6 Å². The van der Waals surface area contributed by atoms with Gasteiger partial charge in [0.25, 0.3) is 23.4 Å². The van der Waals surface area contributed by atoms with Crippen LogP contribution in [0.1, 0.15) is 48.4 Å². The van der Waals surface area contributed by atoms with Crippen LogP contribution in [0, 0.1) is 24.2 Å². The number of carbonyl (C=O) groups excluding carboxylic acids is 4. The molecular formula is C20H25ClFN5O5. The Morgan fingerprint density at radius 2 is 2.12 bits per heavy atom. The Morgan fingerprint density at radius 1 is 1.41 bits per heavy atom. The number of nitrogens with one attached hydrogen (secondary N) is 3. The predicted octanol–water partition coefficient (Wildman–Crippen LogP) is 0.802. The normalized spacial score (nSPS) is 27.4. The third-order valence-electron chi connectivity index (χ3n) is 6.55. The maximum absolute atomic E-state index is 13.6. The van der Waals surface area contributed by atoms with Crippen LogP contribution in [-0.2, 0) is 14.4 Å². The van der Waals surface area contributed by atoms with E-state index in [4.69, 9.17) is 16.1 Å². The van der Waals surface area contributed by atoms with E-state index in [1.807, 2.05) is 0 Å². The molecule has 3 N–H and O–H groups in total. The van der Waals surface area contributed by atoms with Gasteiger partial charge < -0.3 is 15.2 Å². The fourth-order valence-electron chi connectivity index (χ4n) is 4.81. The van der Waals surface area contributed by atoms with Crippen molar-refractivity contribution in [1.82, 2.24) is 26.2 Å². The third kappa shape index (κ3) is 4.57. The second-order valence-electron chi connectivity index (χ2n) is 9.03. The van der Waals surface area contributed by atoms with Crippen molar-refractivity contribution in [2.75, 3.05) is 13.1 Å². The van der Waals surface area contributed by atoms with Gasteiger partial charge in [-0.15, -0.1) is 0 Å². The maximum atomic E-state index is 13.6. The molecule has 4 fully saturated rings. The molecule has 2 unspecified atom stereocenters. The standard InChI is InChI=1S/C20H25ClFN5O5/c1-10-4-13(26-32-10)17(29)24-14(8-20-5-11(6-20)7-20)18(30)25-27(19(31)15(21)22)9-12-2-3-23-16(12)28/h4,11-12,14-15H,2-3,5-9H2,1H3,(H,23,28)(H,24,29)(H,25,30)/t11?,12-,14?,15?,20?/m0/s1. The van der Waals surface area contributed by atoms with Crippen LogP contribution in [0.4, 0.5) is 4.39 Å². The van der Waals surface area contributed by atoms with Crippen LogP contribution in [0.25, 0.3) is 0 Å². The zero-order valence-electron chi connectivity index (χ0n) is 17.5. The number of nitrogens with zero attached hydrogens (tertiary/aromatic N) is 2. The summed E-state index contributed by atoms with van der Waals surface area (Å²) in [6.07, 6.45) is 3.76. The van der Waals surface area contributed by atoms with Gasteiger partial charge >= 0.3 is 0 Å². The number of hydrogen-bond donors (Lipinski definition) is 3. The molecule has 0 spiro atoms. The first-order valence-electron chi connectivity index (χ1n) is 10.6. The summed E-state index contributed by atoms with van der Waals surface area (Å²) in [5, 5.41) is 9.68. The Balaban J connectivity index is 1.47. The summed E-state index contributed by atoms with van der Waals surface area (Å²) >= 11 is 5.32. The lowest BCUT2D eigenvalue weighted by molar-refractivity contribution is -0.149. The monoisotopic (exact) mass is 469 g/mol. The topological polar surface area (TPSA) is 134 Å². The van der Waals surface area contributed by atoms with E-state index < -0.39 is 35.3 Å². The van der Waals surface area contributed by atoms with Crippen LogP contribution in [0.2, 0.25) is 0 Å². The number of alkyl halides is 2. The minimum absolute atomic E-state index is 0.0189. The largest absolute Gasteiger partial charge is 0.361 e. The van der Waals surface area contributed by atoms with Gasteiger partial charge in [0.05, 0.1) is 12.5 Å². The van der Waals surface area contributed by atoms with E-state index in [0.717, 1.165) is 24.3 Å². The fraction of sp³-hybridized carbons (Fsp3) is 0.650. The van der Waals surface area contributed by atoms with Gasteiger partial charge in [-0.3, -0.25) is 24.6 Å². The van der Waals surface area contributed by atoms with E-state index in [0.29, 0.717) is 31.1 Å². The summed E-state index contributed by atoms with van der Waals surface area (Å²) < 4.78 is 18.5. The number of aryl methyl sites for hydroxylation is 1. The molecule has 1 aromatic rings. The number of carbonyl (C=O) groups is 4. The average Bonchev–Trinajstić information content (AvgIpc) is 3.29. The maximum Gasteiger partial charge on any atom is 0.291 e. The van der Waals surface area contributed by atoms with Crippen molar-refractivity contribution in [1.29, 1.82) is 0 Å². The fourth-order valence-corrected chi connectivity index (χ4v) is 4.93. The number of hydrogen-bond acceptors (Lipinski definition) is 6. The molecule has 3 atom stereocenters. The molecule has 3 aliphatic carbocycles. The highest BCUT2D eigenvalue weighted by atomic mass is 35.5. The number of amides is 4. The quantitative estimate of drug-likeness (QED) is 0.381. The Kier molecular flexibility index (Phi) is 6.11. The molecule has 174 valence electrons. The van der Waals surface area contributed by atoms with Crippen molar-refractivity contribution in [2.24, 2.45) is 17.3 Å². The average molecular weight is 470 g/mol. The summed E-state index contributed by atoms with van der Waals surface area (Å²) in [6, 6.07) is 0.461. The van der Waals surface area contributed by atoms with Gasteiger partial charge in [0.15, 0.2) is 5.69 Å². The Bertz CT molecular complexity index is 920. The van der Waals surface area contributed by atoms with Gasteiger partial charge in [-0.05, 0) is 50.4 Å². The van der Waals surface area contributed by atoms with Gasteiger partial charge in [0.2, 0.25) is 5.91 Å².